The summed E-state index contributed by atoms with van der Waals surface area (Å²) in [6.45, 7) is 4.28. The lowest BCUT2D eigenvalue weighted by molar-refractivity contribution is 0.316. The van der Waals surface area contributed by atoms with Crippen LogP contribution in [0.1, 0.15) is 51.4 Å². The lowest BCUT2D eigenvalue weighted by Crippen LogP contribution is -2.37. The third kappa shape index (κ3) is 5.07. The van der Waals surface area contributed by atoms with Crippen molar-refractivity contribution in [1.29, 1.82) is 0 Å². The average molecular weight is 506 g/mol. The third-order valence-electron chi connectivity index (χ3n) is 5.48. The summed E-state index contributed by atoms with van der Waals surface area (Å²) in [6.07, 6.45) is 3.80. The minimum Gasteiger partial charge on any atom is -0.298 e. The van der Waals surface area contributed by atoms with E-state index in [2.05, 4.69) is 27.8 Å². The molecule has 3 aromatic rings. The maximum absolute atomic E-state index is 13.6. The lowest BCUT2D eigenvalue weighted by Gasteiger charge is -2.29. The molecule has 0 bridgehead atoms. The highest BCUT2D eigenvalue weighted by Crippen LogP contribution is 2.28. The summed E-state index contributed by atoms with van der Waals surface area (Å²) >= 11 is 3.36. The monoisotopic (exact) mass is 505 g/mol. The fourth-order valence-corrected chi connectivity index (χ4v) is 5.59. The molecule has 0 saturated carbocycles. The SMILES string of the molecule is CCCCCCN(C(C)c1nc2ccccc2c(=O)n1C)S(=O)(=O)c1ccc(Br)cc1. The maximum atomic E-state index is 13.6. The molecule has 1 heterocycles. The Balaban J connectivity index is 2.06. The third-order valence-corrected chi connectivity index (χ3v) is 7.99. The molecule has 0 amide bonds. The van der Waals surface area contributed by atoms with E-state index in [1.54, 1.807) is 56.4 Å². The fourth-order valence-electron chi connectivity index (χ4n) is 3.70. The molecule has 0 aliphatic carbocycles. The minimum atomic E-state index is -3.78. The van der Waals surface area contributed by atoms with E-state index in [0.29, 0.717) is 23.3 Å². The predicted molar refractivity (Wildman–Crippen MR) is 128 cm³/mol. The Labute approximate surface area is 192 Å². The van der Waals surface area contributed by atoms with Gasteiger partial charge in [0.15, 0.2) is 0 Å². The molecule has 0 saturated heterocycles. The number of benzene rings is 2. The zero-order valence-electron chi connectivity index (χ0n) is 18.1. The molecular weight excluding hydrogens is 478 g/mol. The van der Waals surface area contributed by atoms with E-state index in [1.807, 2.05) is 6.07 Å². The fraction of sp³-hybridized carbons (Fsp3) is 0.391. The molecule has 8 heteroatoms. The summed E-state index contributed by atoms with van der Waals surface area (Å²) in [7, 11) is -2.13. The smallest absolute Gasteiger partial charge is 0.261 e. The van der Waals surface area contributed by atoms with Gasteiger partial charge in [-0.05, 0) is 49.7 Å². The molecule has 0 N–H and O–H groups in total. The van der Waals surface area contributed by atoms with Crippen LogP contribution in [-0.4, -0.2) is 28.8 Å². The van der Waals surface area contributed by atoms with Gasteiger partial charge in [-0.25, -0.2) is 13.4 Å². The molecule has 0 radical (unpaired) electrons. The van der Waals surface area contributed by atoms with Crippen molar-refractivity contribution < 1.29 is 8.42 Å². The van der Waals surface area contributed by atoms with Crippen LogP contribution in [0.2, 0.25) is 0 Å². The second-order valence-electron chi connectivity index (χ2n) is 7.66. The van der Waals surface area contributed by atoms with Gasteiger partial charge in [-0.3, -0.25) is 9.36 Å². The average Bonchev–Trinajstić information content (AvgIpc) is 2.76. The molecule has 1 aromatic heterocycles. The molecule has 1 unspecified atom stereocenters. The molecule has 6 nitrogen and oxygen atoms in total. The summed E-state index contributed by atoms with van der Waals surface area (Å²) in [5, 5.41) is 0.520. The molecule has 1 atom stereocenters. The maximum Gasteiger partial charge on any atom is 0.261 e. The molecule has 0 aliphatic rings. The van der Waals surface area contributed by atoms with Gasteiger partial charge in [0.1, 0.15) is 5.82 Å². The van der Waals surface area contributed by atoms with Crippen LogP contribution < -0.4 is 5.56 Å². The highest BCUT2D eigenvalue weighted by molar-refractivity contribution is 9.10. The Morgan fingerprint density at radius 3 is 2.42 bits per heavy atom. The summed E-state index contributed by atoms with van der Waals surface area (Å²) in [6, 6.07) is 13.2. The number of hydrogen-bond donors (Lipinski definition) is 0. The van der Waals surface area contributed by atoms with Crippen molar-refractivity contribution in [3.63, 3.8) is 0 Å². The van der Waals surface area contributed by atoms with Crippen LogP contribution in [0.4, 0.5) is 0 Å². The van der Waals surface area contributed by atoms with Crippen molar-refractivity contribution >= 4 is 36.9 Å². The first kappa shape index (κ1) is 23.6. The highest BCUT2D eigenvalue weighted by Gasteiger charge is 2.32. The van der Waals surface area contributed by atoms with Crippen LogP contribution in [0, 0.1) is 0 Å². The van der Waals surface area contributed by atoms with Crippen molar-refractivity contribution in [3.8, 4) is 0 Å². The topological polar surface area (TPSA) is 72.3 Å². The molecule has 166 valence electrons. The molecule has 2 aromatic carbocycles. The number of nitrogens with zero attached hydrogens (tertiary/aromatic N) is 3. The van der Waals surface area contributed by atoms with Crippen LogP contribution in [0.5, 0.6) is 0 Å². The molecule has 0 aliphatic heterocycles. The van der Waals surface area contributed by atoms with Crippen molar-refractivity contribution in [2.45, 2.75) is 50.5 Å². The Hall–Kier alpha value is -2.03. The first-order valence-electron chi connectivity index (χ1n) is 10.5. The number of hydrogen-bond acceptors (Lipinski definition) is 4. The Kier molecular flexibility index (Phi) is 7.67. The van der Waals surface area contributed by atoms with Gasteiger partial charge in [0, 0.05) is 18.1 Å². The van der Waals surface area contributed by atoms with Crippen LogP contribution in [0.25, 0.3) is 10.9 Å². The van der Waals surface area contributed by atoms with Crippen molar-refractivity contribution in [2.75, 3.05) is 6.54 Å². The van der Waals surface area contributed by atoms with Gasteiger partial charge in [0.05, 0.1) is 21.8 Å². The molecule has 0 spiro atoms. The van der Waals surface area contributed by atoms with E-state index in [9.17, 15) is 13.2 Å². The van der Waals surface area contributed by atoms with E-state index in [1.165, 1.54) is 8.87 Å². The Morgan fingerprint density at radius 1 is 1.06 bits per heavy atom. The van der Waals surface area contributed by atoms with Gasteiger partial charge < -0.3 is 0 Å². The van der Waals surface area contributed by atoms with E-state index >= 15 is 0 Å². The number of unbranched alkanes of at least 4 members (excludes halogenated alkanes) is 3. The number of sulfonamides is 1. The van der Waals surface area contributed by atoms with Crippen molar-refractivity contribution in [1.82, 2.24) is 13.9 Å². The summed E-state index contributed by atoms with van der Waals surface area (Å²) in [5.41, 5.74) is 0.388. The predicted octanol–water partition coefficient (Wildman–Crippen LogP) is 5.03. The van der Waals surface area contributed by atoms with Gasteiger partial charge in [0.25, 0.3) is 5.56 Å². The summed E-state index contributed by atoms with van der Waals surface area (Å²) < 4.78 is 30.9. The second kappa shape index (κ2) is 10.1. The van der Waals surface area contributed by atoms with Gasteiger partial charge in [-0.15, -0.1) is 0 Å². The van der Waals surface area contributed by atoms with Crippen molar-refractivity contribution in [3.05, 3.63) is 69.2 Å². The number of para-hydroxylation sites is 1. The molecular formula is C23H28BrN3O3S. The van der Waals surface area contributed by atoms with E-state index in [0.717, 1.165) is 30.2 Å². The minimum absolute atomic E-state index is 0.181. The number of rotatable bonds is 9. The number of halogens is 1. The zero-order chi connectivity index (χ0) is 22.6. The van der Waals surface area contributed by atoms with E-state index in [4.69, 9.17) is 0 Å². The van der Waals surface area contributed by atoms with Crippen molar-refractivity contribution in [2.24, 2.45) is 7.05 Å². The number of aromatic nitrogens is 2. The van der Waals surface area contributed by atoms with Gasteiger partial charge >= 0.3 is 0 Å². The molecule has 3 rings (SSSR count). The molecule has 31 heavy (non-hydrogen) atoms. The zero-order valence-corrected chi connectivity index (χ0v) is 20.5. The number of fused-ring (bicyclic) bond motifs is 1. The van der Waals surface area contributed by atoms with Crippen LogP contribution in [0.15, 0.2) is 62.7 Å². The second-order valence-corrected chi connectivity index (χ2v) is 10.5. The van der Waals surface area contributed by atoms with Gasteiger partial charge in [0.2, 0.25) is 10.0 Å². The summed E-state index contributed by atoms with van der Waals surface area (Å²) in [5.74, 6) is 0.430. The van der Waals surface area contributed by atoms with Gasteiger partial charge in [-0.2, -0.15) is 4.31 Å². The first-order chi connectivity index (χ1) is 14.8. The molecule has 0 fully saturated rings. The summed E-state index contributed by atoms with van der Waals surface area (Å²) in [4.78, 5) is 17.8. The first-order valence-corrected chi connectivity index (χ1v) is 12.7. The highest BCUT2D eigenvalue weighted by atomic mass is 79.9. The van der Waals surface area contributed by atoms with E-state index in [-0.39, 0.29) is 10.5 Å². The quantitative estimate of drug-likeness (QED) is 0.382. The largest absolute Gasteiger partial charge is 0.298 e. The normalized spacial score (nSPS) is 13.1. The van der Waals surface area contributed by atoms with Crippen LogP contribution in [0.3, 0.4) is 0 Å². The van der Waals surface area contributed by atoms with E-state index < -0.39 is 16.1 Å². The Morgan fingerprint density at radius 2 is 1.74 bits per heavy atom. The standard InChI is InChI=1S/C23H28BrN3O3S/c1-4-5-6-9-16-27(31(29,30)19-14-12-18(24)13-15-19)17(2)22-25-21-11-8-7-10-20(21)23(28)26(22)3/h7-8,10-15,17H,4-6,9,16H2,1-3H3. The van der Waals surface area contributed by atoms with Crippen LogP contribution >= 0.6 is 15.9 Å². The Bertz CT molecular complexity index is 1210. The van der Waals surface area contributed by atoms with Gasteiger partial charge in [-0.1, -0.05) is 54.2 Å². The van der Waals surface area contributed by atoms with Crippen LogP contribution in [-0.2, 0) is 17.1 Å². The lowest BCUT2D eigenvalue weighted by atomic mass is 10.2.